The SMILES string of the molecule is CCOc1ccc(C(=O)NNC(=O)c2cc(F)ccc2Br)cc1OC. The molecule has 0 fully saturated rings. The largest absolute Gasteiger partial charge is 0.493 e. The summed E-state index contributed by atoms with van der Waals surface area (Å²) in [5, 5.41) is 0. The van der Waals surface area contributed by atoms with Crippen LogP contribution in [-0.4, -0.2) is 25.5 Å². The average Bonchev–Trinajstić information content (AvgIpc) is 2.62. The highest BCUT2D eigenvalue weighted by Crippen LogP contribution is 2.28. The number of hydrazine groups is 1. The second kappa shape index (κ2) is 8.48. The number of amides is 2. The quantitative estimate of drug-likeness (QED) is 0.742. The molecule has 0 radical (unpaired) electrons. The summed E-state index contributed by atoms with van der Waals surface area (Å²) >= 11 is 3.15. The van der Waals surface area contributed by atoms with Crippen LogP contribution in [0.2, 0.25) is 0 Å². The third-order valence-electron chi connectivity index (χ3n) is 3.19. The van der Waals surface area contributed by atoms with Gasteiger partial charge < -0.3 is 9.47 Å². The van der Waals surface area contributed by atoms with Crippen LogP contribution in [0.4, 0.5) is 4.39 Å². The van der Waals surface area contributed by atoms with Gasteiger partial charge in [-0.2, -0.15) is 0 Å². The van der Waals surface area contributed by atoms with Crippen LogP contribution >= 0.6 is 15.9 Å². The zero-order chi connectivity index (χ0) is 18.4. The Morgan fingerprint density at radius 3 is 2.48 bits per heavy atom. The molecule has 6 nitrogen and oxygen atoms in total. The average molecular weight is 411 g/mol. The lowest BCUT2D eigenvalue weighted by Crippen LogP contribution is -2.41. The maximum atomic E-state index is 13.2. The van der Waals surface area contributed by atoms with Gasteiger partial charge in [0.2, 0.25) is 0 Å². The highest BCUT2D eigenvalue weighted by atomic mass is 79.9. The summed E-state index contributed by atoms with van der Waals surface area (Å²) in [4.78, 5) is 24.2. The summed E-state index contributed by atoms with van der Waals surface area (Å²) in [7, 11) is 1.46. The molecule has 25 heavy (non-hydrogen) atoms. The summed E-state index contributed by atoms with van der Waals surface area (Å²) in [5.74, 6) is -0.862. The predicted octanol–water partition coefficient (Wildman–Crippen LogP) is 3.07. The van der Waals surface area contributed by atoms with Gasteiger partial charge in [-0.05, 0) is 59.3 Å². The van der Waals surface area contributed by atoms with Crippen molar-refractivity contribution >= 4 is 27.7 Å². The third kappa shape index (κ3) is 4.69. The topological polar surface area (TPSA) is 76.7 Å². The number of halogens is 2. The molecule has 132 valence electrons. The van der Waals surface area contributed by atoms with Gasteiger partial charge in [-0.15, -0.1) is 0 Å². The van der Waals surface area contributed by atoms with E-state index >= 15 is 0 Å². The molecular weight excluding hydrogens is 395 g/mol. The highest BCUT2D eigenvalue weighted by Gasteiger charge is 2.14. The number of hydrogen-bond acceptors (Lipinski definition) is 4. The maximum Gasteiger partial charge on any atom is 0.270 e. The van der Waals surface area contributed by atoms with E-state index in [1.165, 1.54) is 31.4 Å². The number of benzene rings is 2. The monoisotopic (exact) mass is 410 g/mol. The van der Waals surface area contributed by atoms with Crippen LogP contribution in [0.1, 0.15) is 27.6 Å². The van der Waals surface area contributed by atoms with Gasteiger partial charge >= 0.3 is 0 Å². The fraction of sp³-hybridized carbons (Fsp3) is 0.176. The molecule has 0 saturated heterocycles. The molecule has 0 spiro atoms. The summed E-state index contributed by atoms with van der Waals surface area (Å²) in [6, 6.07) is 8.31. The lowest BCUT2D eigenvalue weighted by Gasteiger charge is -2.12. The zero-order valence-corrected chi connectivity index (χ0v) is 15.1. The summed E-state index contributed by atoms with van der Waals surface area (Å²) in [6.45, 7) is 2.29. The Morgan fingerprint density at radius 1 is 1.08 bits per heavy atom. The van der Waals surface area contributed by atoms with Crippen molar-refractivity contribution in [1.82, 2.24) is 10.9 Å². The Hall–Kier alpha value is -2.61. The number of nitrogens with one attached hydrogen (secondary N) is 2. The van der Waals surface area contributed by atoms with Crippen molar-refractivity contribution in [2.75, 3.05) is 13.7 Å². The van der Waals surface area contributed by atoms with Crippen LogP contribution in [0.3, 0.4) is 0 Å². The molecule has 8 heteroatoms. The van der Waals surface area contributed by atoms with Crippen molar-refractivity contribution in [1.29, 1.82) is 0 Å². The smallest absolute Gasteiger partial charge is 0.270 e. The van der Waals surface area contributed by atoms with Crippen molar-refractivity contribution in [3.8, 4) is 11.5 Å². The molecule has 2 aromatic carbocycles. The first-order valence-corrected chi connectivity index (χ1v) is 8.12. The standard InChI is InChI=1S/C17H16BrFN2O4/c1-3-25-14-7-4-10(8-15(14)24-2)16(22)20-21-17(23)12-9-11(19)5-6-13(12)18/h4-9H,3H2,1-2H3,(H,20,22)(H,21,23). The van der Waals surface area contributed by atoms with Crippen LogP contribution in [0.15, 0.2) is 40.9 Å². The van der Waals surface area contributed by atoms with Crippen molar-refractivity contribution < 1.29 is 23.5 Å². The van der Waals surface area contributed by atoms with Gasteiger partial charge in [-0.25, -0.2) is 4.39 Å². The van der Waals surface area contributed by atoms with Gasteiger partial charge in [0.1, 0.15) is 5.82 Å². The third-order valence-corrected chi connectivity index (χ3v) is 3.88. The summed E-state index contributed by atoms with van der Waals surface area (Å²) < 4.78 is 24.2. The highest BCUT2D eigenvalue weighted by molar-refractivity contribution is 9.10. The number of ether oxygens (including phenoxy) is 2. The Morgan fingerprint density at radius 2 is 1.80 bits per heavy atom. The fourth-order valence-electron chi connectivity index (χ4n) is 2.01. The molecule has 2 amide bonds. The van der Waals surface area contributed by atoms with Gasteiger partial charge in [0.25, 0.3) is 11.8 Å². The molecule has 0 aliphatic carbocycles. The van der Waals surface area contributed by atoms with E-state index in [1.54, 1.807) is 6.07 Å². The maximum absolute atomic E-state index is 13.2. The first-order valence-electron chi connectivity index (χ1n) is 7.32. The van der Waals surface area contributed by atoms with E-state index in [1.807, 2.05) is 6.92 Å². The minimum atomic E-state index is -0.655. The Bertz CT molecular complexity index is 798. The van der Waals surface area contributed by atoms with Gasteiger partial charge in [0.15, 0.2) is 11.5 Å². The van der Waals surface area contributed by atoms with E-state index in [2.05, 4.69) is 26.8 Å². The molecule has 2 N–H and O–H groups in total. The number of carbonyl (C=O) groups excluding carboxylic acids is 2. The molecule has 0 aliphatic heterocycles. The normalized spacial score (nSPS) is 10.1. The van der Waals surface area contributed by atoms with Gasteiger partial charge in [-0.3, -0.25) is 20.4 Å². The molecule has 0 aliphatic rings. The van der Waals surface area contributed by atoms with Crippen LogP contribution in [0, 0.1) is 5.82 Å². The molecule has 0 bridgehead atoms. The van der Waals surface area contributed by atoms with Crippen LogP contribution in [-0.2, 0) is 0 Å². The fourth-order valence-corrected chi connectivity index (χ4v) is 2.43. The zero-order valence-electron chi connectivity index (χ0n) is 13.6. The van der Waals surface area contributed by atoms with E-state index in [9.17, 15) is 14.0 Å². The second-order valence-electron chi connectivity index (χ2n) is 4.83. The molecule has 2 aromatic rings. The van der Waals surface area contributed by atoms with Crippen molar-refractivity contribution in [3.63, 3.8) is 0 Å². The number of carbonyl (C=O) groups is 2. The van der Waals surface area contributed by atoms with Crippen LogP contribution in [0.5, 0.6) is 11.5 Å². The molecule has 0 aromatic heterocycles. The van der Waals surface area contributed by atoms with Gasteiger partial charge in [0, 0.05) is 10.0 Å². The Balaban J connectivity index is 2.07. The first kappa shape index (κ1) is 18.7. The van der Waals surface area contributed by atoms with E-state index in [0.717, 1.165) is 6.07 Å². The Kier molecular flexibility index (Phi) is 6.35. The minimum absolute atomic E-state index is 0.0598. The molecule has 0 unspecified atom stereocenters. The molecule has 0 heterocycles. The van der Waals surface area contributed by atoms with Crippen molar-refractivity contribution in [2.24, 2.45) is 0 Å². The number of rotatable bonds is 5. The molecule has 0 saturated carbocycles. The van der Waals surface area contributed by atoms with E-state index in [4.69, 9.17) is 9.47 Å². The van der Waals surface area contributed by atoms with Crippen LogP contribution in [0.25, 0.3) is 0 Å². The lowest BCUT2D eigenvalue weighted by atomic mass is 10.2. The van der Waals surface area contributed by atoms with Crippen LogP contribution < -0.4 is 20.3 Å². The van der Waals surface area contributed by atoms with Crippen molar-refractivity contribution in [2.45, 2.75) is 6.92 Å². The molecule has 0 atom stereocenters. The molecular formula is C17H16BrFN2O4. The number of methoxy groups -OCH3 is 1. The number of hydrogen-bond donors (Lipinski definition) is 2. The summed E-state index contributed by atoms with van der Waals surface area (Å²) in [6.07, 6.45) is 0. The molecule has 2 rings (SSSR count). The predicted molar refractivity (Wildman–Crippen MR) is 93.2 cm³/mol. The van der Waals surface area contributed by atoms with E-state index < -0.39 is 17.6 Å². The van der Waals surface area contributed by atoms with Gasteiger partial charge in [0.05, 0.1) is 19.3 Å². The van der Waals surface area contributed by atoms with E-state index in [-0.39, 0.29) is 11.1 Å². The lowest BCUT2D eigenvalue weighted by molar-refractivity contribution is 0.0846. The van der Waals surface area contributed by atoms with E-state index in [0.29, 0.717) is 22.6 Å². The van der Waals surface area contributed by atoms with Gasteiger partial charge in [-0.1, -0.05) is 0 Å². The second-order valence-corrected chi connectivity index (χ2v) is 5.69. The summed E-state index contributed by atoms with van der Waals surface area (Å²) in [5.41, 5.74) is 4.83. The minimum Gasteiger partial charge on any atom is -0.493 e. The Labute approximate surface area is 152 Å². The van der Waals surface area contributed by atoms with Crippen molar-refractivity contribution in [3.05, 3.63) is 57.8 Å². The first-order chi connectivity index (χ1) is 12.0.